The molecule has 1 N–H and O–H groups in total. The summed E-state index contributed by atoms with van der Waals surface area (Å²) in [5.41, 5.74) is 0.450. The van der Waals surface area contributed by atoms with Crippen molar-refractivity contribution in [1.29, 1.82) is 0 Å². The number of ether oxygens (including phenoxy) is 1. The molecule has 1 atom stereocenters. The van der Waals surface area contributed by atoms with Crippen molar-refractivity contribution in [1.82, 2.24) is 0 Å². The first-order valence-electron chi connectivity index (χ1n) is 3.06. The summed E-state index contributed by atoms with van der Waals surface area (Å²) in [6, 6.07) is 0. The minimum Gasteiger partial charge on any atom is -0.380 e. The van der Waals surface area contributed by atoms with Crippen molar-refractivity contribution in [2.75, 3.05) is 13.2 Å². The van der Waals surface area contributed by atoms with Crippen LogP contribution in [0.3, 0.4) is 0 Å². The lowest BCUT2D eigenvalue weighted by atomic mass is 10.4. The Morgan fingerprint density at radius 3 is 3.00 bits per heavy atom. The van der Waals surface area contributed by atoms with Gasteiger partial charge in [0, 0.05) is 11.9 Å². The number of rotatable bonds is 2. The van der Waals surface area contributed by atoms with Gasteiger partial charge < -0.3 is 9.84 Å². The van der Waals surface area contributed by atoms with Crippen molar-refractivity contribution < 1.29 is 9.84 Å². The number of aliphatic hydroxyl groups is 1. The molecule has 0 aliphatic carbocycles. The van der Waals surface area contributed by atoms with Gasteiger partial charge in [-0.05, 0) is 13.3 Å². The first kappa shape index (κ1) is 7.38. The van der Waals surface area contributed by atoms with E-state index < -0.39 is 0 Å². The van der Waals surface area contributed by atoms with Crippen LogP contribution in [0.4, 0.5) is 0 Å². The third-order valence-corrected chi connectivity index (χ3v) is 2.27. The molecule has 1 fully saturated rings. The highest BCUT2D eigenvalue weighted by atomic mass is 32.2. The molecule has 1 saturated heterocycles. The zero-order valence-corrected chi connectivity index (χ0v) is 6.28. The summed E-state index contributed by atoms with van der Waals surface area (Å²) in [4.78, 5) is 0. The van der Waals surface area contributed by atoms with Gasteiger partial charge in [0.15, 0.2) is 0 Å². The standard InChI is InChI=1S/C6H11O2S/c1-5(7)9-6-2-3-8-4-6/h6-7H,2-4H2,1H3. The average molecular weight is 147 g/mol. The van der Waals surface area contributed by atoms with E-state index in [-0.39, 0.29) is 0 Å². The molecule has 1 rings (SSSR count). The van der Waals surface area contributed by atoms with Crippen LogP contribution in [0.25, 0.3) is 0 Å². The molecule has 1 radical (unpaired) electrons. The van der Waals surface area contributed by atoms with Crippen LogP contribution in [0.1, 0.15) is 13.3 Å². The maximum absolute atomic E-state index is 8.84. The van der Waals surface area contributed by atoms with Crippen molar-refractivity contribution in [3.05, 3.63) is 5.44 Å². The summed E-state index contributed by atoms with van der Waals surface area (Å²) >= 11 is 1.51. The van der Waals surface area contributed by atoms with Gasteiger partial charge in [0.05, 0.1) is 6.61 Å². The van der Waals surface area contributed by atoms with E-state index in [0.717, 1.165) is 19.6 Å². The maximum atomic E-state index is 8.84. The van der Waals surface area contributed by atoms with Crippen LogP contribution >= 0.6 is 11.8 Å². The van der Waals surface area contributed by atoms with Gasteiger partial charge in [-0.1, -0.05) is 0 Å². The van der Waals surface area contributed by atoms with E-state index >= 15 is 0 Å². The van der Waals surface area contributed by atoms with Crippen LogP contribution in [-0.4, -0.2) is 23.6 Å². The molecule has 0 aromatic carbocycles. The van der Waals surface area contributed by atoms with E-state index in [4.69, 9.17) is 9.84 Å². The molecule has 0 spiro atoms. The van der Waals surface area contributed by atoms with Gasteiger partial charge in [-0.25, -0.2) is 0 Å². The van der Waals surface area contributed by atoms with E-state index in [1.165, 1.54) is 11.8 Å². The Hall–Kier alpha value is 0.270. The second kappa shape index (κ2) is 3.44. The second-order valence-electron chi connectivity index (χ2n) is 2.12. The second-order valence-corrected chi connectivity index (χ2v) is 3.62. The van der Waals surface area contributed by atoms with Crippen molar-refractivity contribution in [2.24, 2.45) is 0 Å². The summed E-state index contributed by atoms with van der Waals surface area (Å²) < 4.78 is 5.11. The van der Waals surface area contributed by atoms with E-state index in [1.807, 2.05) is 0 Å². The highest BCUT2D eigenvalue weighted by Crippen LogP contribution is 2.26. The zero-order valence-electron chi connectivity index (χ0n) is 5.46. The monoisotopic (exact) mass is 147 g/mol. The van der Waals surface area contributed by atoms with E-state index in [2.05, 4.69) is 0 Å². The Morgan fingerprint density at radius 2 is 2.56 bits per heavy atom. The van der Waals surface area contributed by atoms with E-state index in [0.29, 0.717) is 10.7 Å². The Kier molecular flexibility index (Phi) is 2.82. The minimum atomic E-state index is 0.450. The Balaban J connectivity index is 2.11. The van der Waals surface area contributed by atoms with Gasteiger partial charge in [0.25, 0.3) is 0 Å². The normalized spacial score (nSPS) is 27.7. The van der Waals surface area contributed by atoms with Crippen LogP contribution < -0.4 is 0 Å². The molecule has 9 heavy (non-hydrogen) atoms. The number of aliphatic hydroxyl groups excluding tert-OH is 1. The first-order valence-corrected chi connectivity index (χ1v) is 3.94. The molecule has 3 heteroatoms. The molecular weight excluding hydrogens is 136 g/mol. The third kappa shape index (κ3) is 2.56. The third-order valence-electron chi connectivity index (χ3n) is 1.23. The lowest BCUT2D eigenvalue weighted by Gasteiger charge is -2.06. The predicted molar refractivity (Wildman–Crippen MR) is 37.7 cm³/mol. The molecule has 0 bridgehead atoms. The summed E-state index contributed by atoms with van der Waals surface area (Å²) in [7, 11) is 0. The Bertz CT molecular complexity index is 79.1. The topological polar surface area (TPSA) is 29.5 Å². The SMILES string of the molecule is C[C](O)SC1CCOC1. The van der Waals surface area contributed by atoms with E-state index in [9.17, 15) is 0 Å². The van der Waals surface area contributed by atoms with Gasteiger partial charge in [0.1, 0.15) is 5.44 Å². The fraction of sp³-hybridized carbons (Fsp3) is 0.833. The quantitative estimate of drug-likeness (QED) is 0.640. The van der Waals surface area contributed by atoms with Gasteiger partial charge in [-0.2, -0.15) is 0 Å². The fourth-order valence-corrected chi connectivity index (χ4v) is 1.71. The average Bonchev–Trinajstić information content (AvgIpc) is 2.15. The van der Waals surface area contributed by atoms with Crippen LogP contribution in [-0.2, 0) is 4.74 Å². The molecule has 1 aliphatic rings. The zero-order chi connectivity index (χ0) is 6.69. The summed E-state index contributed by atoms with van der Waals surface area (Å²) in [5, 5.41) is 9.33. The molecule has 1 aliphatic heterocycles. The molecular formula is C6H11O2S. The van der Waals surface area contributed by atoms with Crippen molar-refractivity contribution >= 4 is 11.8 Å². The lowest BCUT2D eigenvalue weighted by Crippen LogP contribution is -2.02. The predicted octanol–water partition coefficient (Wildman–Crippen LogP) is 1.39. The van der Waals surface area contributed by atoms with Gasteiger partial charge in [0.2, 0.25) is 0 Å². The largest absolute Gasteiger partial charge is 0.380 e. The Morgan fingerprint density at radius 1 is 1.78 bits per heavy atom. The van der Waals surface area contributed by atoms with Gasteiger partial charge in [-0.3, -0.25) is 0 Å². The van der Waals surface area contributed by atoms with Crippen LogP contribution in [0.2, 0.25) is 0 Å². The molecule has 53 valence electrons. The van der Waals surface area contributed by atoms with Crippen molar-refractivity contribution in [2.45, 2.75) is 18.6 Å². The van der Waals surface area contributed by atoms with Crippen molar-refractivity contribution in [3.8, 4) is 0 Å². The molecule has 0 saturated carbocycles. The highest BCUT2D eigenvalue weighted by Gasteiger charge is 2.17. The minimum absolute atomic E-state index is 0.450. The summed E-state index contributed by atoms with van der Waals surface area (Å²) in [5.74, 6) is 0. The van der Waals surface area contributed by atoms with Crippen LogP contribution in [0, 0.1) is 5.44 Å². The van der Waals surface area contributed by atoms with Crippen molar-refractivity contribution in [3.63, 3.8) is 0 Å². The number of hydrogen-bond acceptors (Lipinski definition) is 3. The smallest absolute Gasteiger partial charge is 0.145 e. The number of hydrogen-bond donors (Lipinski definition) is 1. The Labute approximate surface area is 59.6 Å². The first-order chi connectivity index (χ1) is 4.29. The molecule has 2 nitrogen and oxygen atoms in total. The summed E-state index contributed by atoms with van der Waals surface area (Å²) in [6.07, 6.45) is 1.07. The summed E-state index contributed by atoms with van der Waals surface area (Å²) in [6.45, 7) is 3.36. The molecule has 0 amide bonds. The number of thioether (sulfide) groups is 1. The van der Waals surface area contributed by atoms with Gasteiger partial charge in [-0.15, -0.1) is 11.8 Å². The van der Waals surface area contributed by atoms with Gasteiger partial charge >= 0.3 is 0 Å². The lowest BCUT2D eigenvalue weighted by molar-refractivity contribution is 0.199. The van der Waals surface area contributed by atoms with Crippen LogP contribution in [0.5, 0.6) is 0 Å². The molecule has 1 heterocycles. The highest BCUT2D eigenvalue weighted by molar-refractivity contribution is 8.02. The fourth-order valence-electron chi connectivity index (χ4n) is 0.847. The molecule has 1 unspecified atom stereocenters. The maximum Gasteiger partial charge on any atom is 0.145 e. The van der Waals surface area contributed by atoms with E-state index in [1.54, 1.807) is 6.92 Å². The molecule has 0 aromatic heterocycles. The molecule has 0 aromatic rings. The van der Waals surface area contributed by atoms with Crippen LogP contribution in [0.15, 0.2) is 0 Å².